The lowest BCUT2D eigenvalue weighted by atomic mass is 9.80. The van der Waals surface area contributed by atoms with Crippen LogP contribution in [0.15, 0.2) is 24.3 Å². The largest absolute Gasteiger partial charge is 0.496 e. The van der Waals surface area contributed by atoms with Gasteiger partial charge in [0.05, 0.1) is 12.6 Å². The summed E-state index contributed by atoms with van der Waals surface area (Å²) in [5.41, 5.74) is 1.42. The molecule has 0 unspecified atom stereocenters. The van der Waals surface area contributed by atoms with Gasteiger partial charge in [0.1, 0.15) is 5.75 Å². The molecule has 1 aromatic carbocycles. The van der Waals surface area contributed by atoms with Crippen molar-refractivity contribution in [2.24, 2.45) is 0 Å². The van der Waals surface area contributed by atoms with Crippen molar-refractivity contribution in [2.45, 2.75) is 18.4 Å². The number of piperidine rings is 1. The van der Waals surface area contributed by atoms with Crippen LogP contribution in [0.2, 0.25) is 0 Å². The fourth-order valence-electron chi connectivity index (χ4n) is 2.83. The van der Waals surface area contributed by atoms with E-state index >= 15 is 0 Å². The zero-order valence-electron chi connectivity index (χ0n) is 11.0. The summed E-state index contributed by atoms with van der Waals surface area (Å²) in [7, 11) is 6.08. The Labute approximate surface area is 104 Å². The number of benzene rings is 1. The summed E-state index contributed by atoms with van der Waals surface area (Å²) < 4.78 is 5.53. The maximum Gasteiger partial charge on any atom is 0.123 e. The minimum absolute atomic E-state index is 0.109. The molecule has 0 bridgehead atoms. The molecule has 0 radical (unpaired) electrons. The van der Waals surface area contributed by atoms with Gasteiger partial charge in [0.2, 0.25) is 0 Å². The molecule has 1 fully saturated rings. The number of para-hydroxylation sites is 1. The summed E-state index contributed by atoms with van der Waals surface area (Å²) in [6, 6.07) is 8.39. The Kier molecular flexibility index (Phi) is 3.69. The third kappa shape index (κ3) is 2.17. The second kappa shape index (κ2) is 5.07. The zero-order chi connectivity index (χ0) is 12.3. The van der Waals surface area contributed by atoms with Crippen molar-refractivity contribution in [1.29, 1.82) is 0 Å². The molecule has 2 rings (SSSR count). The predicted octanol–water partition coefficient (Wildman–Crippen LogP) is 1.84. The first kappa shape index (κ1) is 12.4. The Morgan fingerprint density at radius 3 is 2.41 bits per heavy atom. The molecule has 17 heavy (non-hydrogen) atoms. The van der Waals surface area contributed by atoms with Gasteiger partial charge >= 0.3 is 0 Å². The minimum Gasteiger partial charge on any atom is -0.496 e. The van der Waals surface area contributed by atoms with Gasteiger partial charge in [-0.05, 0) is 46.1 Å². The monoisotopic (exact) mass is 234 g/mol. The lowest BCUT2D eigenvalue weighted by Gasteiger charge is -2.44. The molecular formula is C14H22N2O. The first-order valence-corrected chi connectivity index (χ1v) is 6.22. The van der Waals surface area contributed by atoms with Gasteiger partial charge in [-0.1, -0.05) is 18.2 Å². The SMILES string of the molecule is COc1ccccc1C1(N(C)C)CCNCC1. The van der Waals surface area contributed by atoms with Crippen LogP contribution in [0.3, 0.4) is 0 Å². The molecule has 0 saturated carbocycles. The molecule has 3 heteroatoms. The van der Waals surface area contributed by atoms with E-state index < -0.39 is 0 Å². The van der Waals surface area contributed by atoms with Gasteiger partial charge in [0.25, 0.3) is 0 Å². The number of nitrogens with one attached hydrogen (secondary N) is 1. The average molecular weight is 234 g/mol. The molecule has 94 valence electrons. The number of hydrogen-bond donors (Lipinski definition) is 1. The van der Waals surface area contributed by atoms with Crippen molar-refractivity contribution in [3.05, 3.63) is 29.8 Å². The predicted molar refractivity (Wildman–Crippen MR) is 70.5 cm³/mol. The summed E-state index contributed by atoms with van der Waals surface area (Å²) >= 11 is 0. The Bertz CT molecular complexity index is 370. The third-order valence-corrected chi connectivity index (χ3v) is 3.90. The van der Waals surface area contributed by atoms with Gasteiger partial charge in [0.15, 0.2) is 0 Å². The Morgan fingerprint density at radius 1 is 1.18 bits per heavy atom. The standard InChI is InChI=1S/C14H22N2O/c1-16(2)14(8-10-15-11-9-14)12-6-4-5-7-13(12)17-3/h4-7,15H,8-11H2,1-3H3. The minimum atomic E-state index is 0.109. The van der Waals surface area contributed by atoms with Crippen molar-refractivity contribution in [1.82, 2.24) is 10.2 Å². The number of hydrogen-bond acceptors (Lipinski definition) is 3. The van der Waals surface area contributed by atoms with E-state index in [2.05, 4.69) is 42.5 Å². The van der Waals surface area contributed by atoms with E-state index in [1.165, 1.54) is 5.56 Å². The highest BCUT2D eigenvalue weighted by Crippen LogP contribution is 2.40. The molecule has 0 aliphatic carbocycles. The Morgan fingerprint density at radius 2 is 1.82 bits per heavy atom. The van der Waals surface area contributed by atoms with E-state index in [0.29, 0.717) is 0 Å². The van der Waals surface area contributed by atoms with Gasteiger partial charge in [-0.3, -0.25) is 4.90 Å². The summed E-state index contributed by atoms with van der Waals surface area (Å²) in [4.78, 5) is 2.34. The first-order chi connectivity index (χ1) is 8.20. The smallest absolute Gasteiger partial charge is 0.123 e. The molecule has 0 spiro atoms. The van der Waals surface area contributed by atoms with Gasteiger partial charge < -0.3 is 10.1 Å². The topological polar surface area (TPSA) is 24.5 Å². The quantitative estimate of drug-likeness (QED) is 0.863. The molecule has 0 aromatic heterocycles. The van der Waals surface area contributed by atoms with Gasteiger partial charge in [0, 0.05) is 5.56 Å². The Balaban J connectivity index is 2.44. The molecule has 1 aromatic rings. The van der Waals surface area contributed by atoms with Gasteiger partial charge in [-0.2, -0.15) is 0 Å². The highest BCUT2D eigenvalue weighted by molar-refractivity contribution is 5.39. The number of nitrogens with zero attached hydrogens (tertiary/aromatic N) is 1. The van der Waals surface area contributed by atoms with Gasteiger partial charge in [-0.15, -0.1) is 0 Å². The van der Waals surface area contributed by atoms with Crippen LogP contribution in [0.5, 0.6) is 5.75 Å². The molecule has 1 aliphatic heterocycles. The van der Waals surface area contributed by atoms with Crippen LogP contribution in [-0.4, -0.2) is 39.2 Å². The van der Waals surface area contributed by atoms with Crippen LogP contribution >= 0.6 is 0 Å². The number of methoxy groups -OCH3 is 1. The zero-order valence-corrected chi connectivity index (χ0v) is 11.0. The summed E-state index contributed by atoms with van der Waals surface area (Å²) in [6.45, 7) is 2.13. The second-order valence-electron chi connectivity index (χ2n) is 4.88. The van der Waals surface area contributed by atoms with Crippen LogP contribution in [-0.2, 0) is 5.54 Å². The maximum absolute atomic E-state index is 5.53. The molecule has 1 aliphatic rings. The maximum atomic E-state index is 5.53. The van der Waals surface area contributed by atoms with E-state index in [0.717, 1.165) is 31.7 Å². The highest BCUT2D eigenvalue weighted by atomic mass is 16.5. The fraction of sp³-hybridized carbons (Fsp3) is 0.571. The van der Waals surface area contributed by atoms with Crippen LogP contribution in [0.4, 0.5) is 0 Å². The molecule has 0 amide bonds. The third-order valence-electron chi connectivity index (χ3n) is 3.90. The summed E-state index contributed by atoms with van der Waals surface area (Å²) in [5.74, 6) is 1.00. The number of rotatable bonds is 3. The van der Waals surface area contributed by atoms with Gasteiger partial charge in [-0.25, -0.2) is 0 Å². The van der Waals surface area contributed by atoms with Crippen LogP contribution in [0.25, 0.3) is 0 Å². The lowest BCUT2D eigenvalue weighted by Crippen LogP contribution is -2.49. The first-order valence-electron chi connectivity index (χ1n) is 6.22. The van der Waals surface area contributed by atoms with Crippen molar-refractivity contribution >= 4 is 0 Å². The highest BCUT2D eigenvalue weighted by Gasteiger charge is 2.37. The van der Waals surface area contributed by atoms with Crippen molar-refractivity contribution in [2.75, 3.05) is 34.3 Å². The van der Waals surface area contributed by atoms with Crippen molar-refractivity contribution in [3.8, 4) is 5.75 Å². The average Bonchev–Trinajstić information content (AvgIpc) is 2.39. The molecule has 3 nitrogen and oxygen atoms in total. The molecule has 0 atom stereocenters. The summed E-state index contributed by atoms with van der Waals surface area (Å²) in [5, 5.41) is 3.43. The van der Waals surface area contributed by atoms with E-state index in [1.807, 2.05) is 6.07 Å². The van der Waals surface area contributed by atoms with Crippen LogP contribution in [0.1, 0.15) is 18.4 Å². The molecule has 1 N–H and O–H groups in total. The fourth-order valence-corrected chi connectivity index (χ4v) is 2.83. The second-order valence-corrected chi connectivity index (χ2v) is 4.88. The normalized spacial score (nSPS) is 19.3. The number of ether oxygens (including phenoxy) is 1. The van der Waals surface area contributed by atoms with E-state index in [4.69, 9.17) is 4.74 Å². The van der Waals surface area contributed by atoms with E-state index in [1.54, 1.807) is 7.11 Å². The molecule has 1 heterocycles. The van der Waals surface area contributed by atoms with E-state index in [-0.39, 0.29) is 5.54 Å². The van der Waals surface area contributed by atoms with Crippen molar-refractivity contribution < 1.29 is 4.74 Å². The van der Waals surface area contributed by atoms with E-state index in [9.17, 15) is 0 Å². The summed E-state index contributed by atoms with van der Waals surface area (Å²) in [6.07, 6.45) is 2.25. The Hall–Kier alpha value is -1.06. The van der Waals surface area contributed by atoms with Crippen LogP contribution < -0.4 is 10.1 Å². The van der Waals surface area contributed by atoms with Crippen LogP contribution in [0, 0.1) is 0 Å². The van der Waals surface area contributed by atoms with Crippen molar-refractivity contribution in [3.63, 3.8) is 0 Å². The molecular weight excluding hydrogens is 212 g/mol. The molecule has 1 saturated heterocycles. The lowest BCUT2D eigenvalue weighted by molar-refractivity contribution is 0.104.